The molecule has 0 unspecified atom stereocenters. The molecule has 0 aromatic heterocycles. The van der Waals surface area contributed by atoms with Gasteiger partial charge in [0.15, 0.2) is 0 Å². The summed E-state index contributed by atoms with van der Waals surface area (Å²) in [5.74, 6) is -0.0354. The molecule has 21 heavy (non-hydrogen) atoms. The molecule has 1 aromatic rings. The average molecular weight is 311 g/mol. The molecule has 0 aliphatic carbocycles. The van der Waals surface area contributed by atoms with Crippen LogP contribution in [0, 0.1) is 6.92 Å². The van der Waals surface area contributed by atoms with Gasteiger partial charge < -0.3 is 9.80 Å². The molecule has 4 nitrogen and oxygen atoms in total. The van der Waals surface area contributed by atoms with E-state index >= 15 is 0 Å². The third kappa shape index (κ3) is 4.74. The lowest BCUT2D eigenvalue weighted by Crippen LogP contribution is -2.36. The molecule has 116 valence electrons. The van der Waals surface area contributed by atoms with Crippen molar-refractivity contribution in [1.29, 1.82) is 0 Å². The van der Waals surface area contributed by atoms with Gasteiger partial charge in [-0.2, -0.15) is 0 Å². The summed E-state index contributed by atoms with van der Waals surface area (Å²) in [4.78, 5) is 27.2. The van der Waals surface area contributed by atoms with Crippen molar-refractivity contribution in [2.75, 3.05) is 24.5 Å². The van der Waals surface area contributed by atoms with Gasteiger partial charge in [-0.25, -0.2) is 0 Å². The summed E-state index contributed by atoms with van der Waals surface area (Å²) >= 11 is 6.11. The van der Waals surface area contributed by atoms with E-state index in [0.29, 0.717) is 31.1 Å². The lowest BCUT2D eigenvalue weighted by atomic mass is 10.2. The molecule has 0 bridgehead atoms. The number of rotatable bonds is 6. The van der Waals surface area contributed by atoms with E-state index in [1.807, 2.05) is 32.9 Å². The van der Waals surface area contributed by atoms with Crippen molar-refractivity contribution in [2.45, 2.75) is 34.1 Å². The van der Waals surface area contributed by atoms with Crippen LogP contribution in [0.4, 0.5) is 5.69 Å². The number of nitrogens with zero attached hydrogens (tertiary/aromatic N) is 2. The number of benzene rings is 1. The second-order valence-electron chi connectivity index (χ2n) is 4.92. The molecule has 0 spiro atoms. The Hall–Kier alpha value is -1.55. The molecule has 0 fully saturated rings. The first-order valence-corrected chi connectivity index (χ1v) is 7.60. The van der Waals surface area contributed by atoms with Gasteiger partial charge in [-0.3, -0.25) is 9.59 Å². The standard InChI is InChI=1S/C16H23ClN2O2/c1-5-18(6-2)16(21)9-10-19(13(4)20)14-8-7-12(3)15(17)11-14/h7-8,11H,5-6,9-10H2,1-4H3. The van der Waals surface area contributed by atoms with Crippen molar-refractivity contribution in [2.24, 2.45) is 0 Å². The second kappa shape index (κ2) is 8.03. The smallest absolute Gasteiger partial charge is 0.224 e. The van der Waals surface area contributed by atoms with E-state index in [9.17, 15) is 9.59 Å². The van der Waals surface area contributed by atoms with Gasteiger partial charge in [0.1, 0.15) is 0 Å². The minimum absolute atomic E-state index is 0.0597. The molecular formula is C16H23ClN2O2. The minimum atomic E-state index is -0.0951. The number of anilines is 1. The van der Waals surface area contributed by atoms with Crippen LogP contribution in [0.2, 0.25) is 5.02 Å². The Kier molecular flexibility index (Phi) is 6.69. The Morgan fingerprint density at radius 2 is 1.81 bits per heavy atom. The molecule has 0 heterocycles. The van der Waals surface area contributed by atoms with Crippen molar-refractivity contribution in [1.82, 2.24) is 4.90 Å². The van der Waals surface area contributed by atoms with Gasteiger partial charge in [0.25, 0.3) is 0 Å². The topological polar surface area (TPSA) is 40.6 Å². The van der Waals surface area contributed by atoms with E-state index in [4.69, 9.17) is 11.6 Å². The van der Waals surface area contributed by atoms with Gasteiger partial charge in [-0.15, -0.1) is 0 Å². The first kappa shape index (κ1) is 17.5. The monoisotopic (exact) mass is 310 g/mol. The highest BCUT2D eigenvalue weighted by Gasteiger charge is 2.16. The predicted octanol–water partition coefficient (Wildman–Crippen LogP) is 3.26. The summed E-state index contributed by atoms with van der Waals surface area (Å²) in [6, 6.07) is 5.49. The van der Waals surface area contributed by atoms with Crippen LogP contribution in [0.1, 0.15) is 32.8 Å². The average Bonchev–Trinajstić information content (AvgIpc) is 2.43. The zero-order chi connectivity index (χ0) is 16.0. The highest BCUT2D eigenvalue weighted by Crippen LogP contribution is 2.23. The number of amides is 2. The van der Waals surface area contributed by atoms with Crippen LogP contribution in [0.25, 0.3) is 0 Å². The Labute approximate surface area is 131 Å². The van der Waals surface area contributed by atoms with Gasteiger partial charge in [0, 0.05) is 43.7 Å². The third-order valence-electron chi connectivity index (χ3n) is 3.51. The van der Waals surface area contributed by atoms with Crippen molar-refractivity contribution in [3.05, 3.63) is 28.8 Å². The SMILES string of the molecule is CCN(CC)C(=O)CCN(C(C)=O)c1ccc(C)c(Cl)c1. The molecule has 0 aliphatic heterocycles. The molecular weight excluding hydrogens is 288 g/mol. The van der Waals surface area contributed by atoms with E-state index in [-0.39, 0.29) is 11.8 Å². The zero-order valence-corrected chi connectivity index (χ0v) is 13.9. The van der Waals surface area contributed by atoms with Crippen LogP contribution < -0.4 is 4.90 Å². The zero-order valence-electron chi connectivity index (χ0n) is 13.1. The quantitative estimate of drug-likeness (QED) is 0.809. The summed E-state index contributed by atoms with van der Waals surface area (Å²) in [6.45, 7) is 9.04. The number of hydrogen-bond donors (Lipinski definition) is 0. The molecule has 0 N–H and O–H groups in total. The molecule has 1 aromatic carbocycles. The highest BCUT2D eigenvalue weighted by atomic mass is 35.5. The second-order valence-corrected chi connectivity index (χ2v) is 5.33. The van der Waals surface area contributed by atoms with Crippen LogP contribution in [-0.4, -0.2) is 36.3 Å². The van der Waals surface area contributed by atoms with E-state index in [0.717, 1.165) is 11.3 Å². The summed E-state index contributed by atoms with van der Waals surface area (Å²) in [5, 5.41) is 0.619. The van der Waals surface area contributed by atoms with Crippen LogP contribution >= 0.6 is 11.6 Å². The van der Waals surface area contributed by atoms with Crippen molar-refractivity contribution in [3.8, 4) is 0 Å². The fraction of sp³-hybridized carbons (Fsp3) is 0.500. The van der Waals surface area contributed by atoms with Gasteiger partial charge >= 0.3 is 0 Å². The molecule has 1 rings (SSSR count). The first-order chi connectivity index (χ1) is 9.90. The van der Waals surface area contributed by atoms with Crippen LogP contribution in [0.3, 0.4) is 0 Å². The Morgan fingerprint density at radius 3 is 2.29 bits per heavy atom. The van der Waals surface area contributed by atoms with E-state index in [1.165, 1.54) is 6.92 Å². The maximum Gasteiger partial charge on any atom is 0.224 e. The number of halogens is 1. The Balaban J connectivity index is 2.81. The predicted molar refractivity (Wildman–Crippen MR) is 86.8 cm³/mol. The molecule has 0 saturated carbocycles. The number of carbonyl (C=O) groups excluding carboxylic acids is 2. The number of aryl methyl sites for hydroxylation is 1. The summed E-state index contributed by atoms with van der Waals surface area (Å²) in [5.41, 5.74) is 1.69. The van der Waals surface area contributed by atoms with Crippen LogP contribution in [-0.2, 0) is 9.59 Å². The summed E-state index contributed by atoms with van der Waals surface area (Å²) in [6.07, 6.45) is 0.312. The molecule has 0 saturated heterocycles. The van der Waals surface area contributed by atoms with Crippen molar-refractivity contribution in [3.63, 3.8) is 0 Å². The normalized spacial score (nSPS) is 10.3. The number of carbonyl (C=O) groups is 2. The van der Waals surface area contributed by atoms with Gasteiger partial charge in [-0.05, 0) is 38.5 Å². The van der Waals surface area contributed by atoms with E-state index in [2.05, 4.69) is 0 Å². The minimum Gasteiger partial charge on any atom is -0.343 e. The van der Waals surface area contributed by atoms with Crippen LogP contribution in [0.5, 0.6) is 0 Å². The van der Waals surface area contributed by atoms with Crippen LogP contribution in [0.15, 0.2) is 18.2 Å². The largest absolute Gasteiger partial charge is 0.343 e. The summed E-state index contributed by atoms with van der Waals surface area (Å²) in [7, 11) is 0. The molecule has 0 aliphatic rings. The Bertz CT molecular complexity index is 513. The van der Waals surface area contributed by atoms with Crippen molar-refractivity contribution >= 4 is 29.1 Å². The maximum absolute atomic E-state index is 12.0. The fourth-order valence-corrected chi connectivity index (χ4v) is 2.33. The van der Waals surface area contributed by atoms with E-state index < -0.39 is 0 Å². The van der Waals surface area contributed by atoms with Crippen molar-refractivity contribution < 1.29 is 9.59 Å². The first-order valence-electron chi connectivity index (χ1n) is 7.22. The van der Waals surface area contributed by atoms with E-state index in [1.54, 1.807) is 15.9 Å². The van der Waals surface area contributed by atoms with Gasteiger partial charge in [-0.1, -0.05) is 17.7 Å². The molecule has 2 amide bonds. The third-order valence-corrected chi connectivity index (χ3v) is 3.92. The molecule has 0 radical (unpaired) electrons. The highest BCUT2D eigenvalue weighted by molar-refractivity contribution is 6.31. The number of hydrogen-bond acceptors (Lipinski definition) is 2. The fourth-order valence-electron chi connectivity index (χ4n) is 2.16. The Morgan fingerprint density at radius 1 is 1.19 bits per heavy atom. The van der Waals surface area contributed by atoms with Gasteiger partial charge in [0.2, 0.25) is 11.8 Å². The summed E-state index contributed by atoms with van der Waals surface area (Å²) < 4.78 is 0. The lowest BCUT2D eigenvalue weighted by molar-refractivity contribution is -0.130. The maximum atomic E-state index is 12.0. The molecule has 0 atom stereocenters. The molecule has 5 heteroatoms. The lowest BCUT2D eigenvalue weighted by Gasteiger charge is -2.24. The van der Waals surface area contributed by atoms with Gasteiger partial charge in [0.05, 0.1) is 0 Å².